The van der Waals surface area contributed by atoms with E-state index in [2.05, 4.69) is 28.5 Å². The molecule has 6 nitrogen and oxygen atoms in total. The van der Waals surface area contributed by atoms with E-state index in [1.165, 1.54) is 11.1 Å². The molecule has 156 valence electrons. The second-order valence-electron chi connectivity index (χ2n) is 7.57. The van der Waals surface area contributed by atoms with E-state index < -0.39 is 11.6 Å². The summed E-state index contributed by atoms with van der Waals surface area (Å²) in [6.45, 7) is 8.57. The van der Waals surface area contributed by atoms with E-state index >= 15 is 0 Å². The molecule has 0 unspecified atom stereocenters. The van der Waals surface area contributed by atoms with Crippen LogP contribution in [0, 0.1) is 0 Å². The maximum Gasteiger partial charge on any atom is 0.414 e. The summed E-state index contributed by atoms with van der Waals surface area (Å²) in [6.07, 6.45) is 1.28. The molecule has 0 fully saturated rings. The van der Waals surface area contributed by atoms with E-state index in [4.69, 9.17) is 16.3 Å². The van der Waals surface area contributed by atoms with Gasteiger partial charge in [-0.3, -0.25) is 4.79 Å². The fourth-order valence-corrected chi connectivity index (χ4v) is 4.11. The summed E-state index contributed by atoms with van der Waals surface area (Å²) in [7, 11) is 0. The number of likely N-dealkylation sites (N-methyl/N-ethyl adjacent to an activating group) is 1. The van der Waals surface area contributed by atoms with Crippen LogP contribution in [0.3, 0.4) is 0 Å². The number of thiophene rings is 1. The van der Waals surface area contributed by atoms with Gasteiger partial charge in [-0.15, -0.1) is 0 Å². The number of carbonyl (C=O) groups excluding carboxylic acids is 2. The zero-order valence-corrected chi connectivity index (χ0v) is 18.5. The van der Waals surface area contributed by atoms with Crippen molar-refractivity contribution in [1.29, 1.82) is 0 Å². The lowest BCUT2D eigenvalue weighted by Crippen LogP contribution is -2.53. The van der Waals surface area contributed by atoms with Crippen LogP contribution in [0.15, 0.2) is 30.3 Å². The topological polar surface area (TPSA) is 70.7 Å². The summed E-state index contributed by atoms with van der Waals surface area (Å²) >= 11 is 6.98. The van der Waals surface area contributed by atoms with Crippen molar-refractivity contribution in [3.05, 3.63) is 45.8 Å². The molecule has 1 aliphatic heterocycles. The summed E-state index contributed by atoms with van der Waals surface area (Å²) in [5.41, 5.74) is 2.17. The summed E-state index contributed by atoms with van der Waals surface area (Å²) < 4.78 is 5.70. The number of rotatable bonds is 5. The van der Waals surface area contributed by atoms with Gasteiger partial charge in [0.05, 0.1) is 4.34 Å². The lowest BCUT2D eigenvalue weighted by atomic mass is 10.0. The largest absolute Gasteiger partial charge is 0.414 e. The van der Waals surface area contributed by atoms with Crippen molar-refractivity contribution in [2.45, 2.75) is 39.2 Å². The Morgan fingerprint density at radius 2 is 1.90 bits per heavy atom. The van der Waals surface area contributed by atoms with Crippen molar-refractivity contribution in [2.24, 2.45) is 0 Å². The van der Waals surface area contributed by atoms with Crippen LogP contribution in [0.2, 0.25) is 4.34 Å². The number of nitrogens with zero attached hydrogens (tertiary/aromatic N) is 1. The Bertz CT molecular complexity index is 897. The van der Waals surface area contributed by atoms with Crippen LogP contribution < -0.4 is 15.4 Å². The van der Waals surface area contributed by atoms with E-state index in [9.17, 15) is 9.59 Å². The van der Waals surface area contributed by atoms with Crippen LogP contribution in [-0.4, -0.2) is 42.1 Å². The number of benzene rings is 1. The van der Waals surface area contributed by atoms with E-state index in [0.29, 0.717) is 9.40 Å². The van der Waals surface area contributed by atoms with Gasteiger partial charge in [0, 0.05) is 18.8 Å². The van der Waals surface area contributed by atoms with Crippen molar-refractivity contribution in [3.8, 4) is 5.06 Å². The minimum Gasteiger partial charge on any atom is -0.399 e. The highest BCUT2D eigenvalue weighted by Gasteiger charge is 2.31. The third-order valence-corrected chi connectivity index (χ3v) is 6.14. The van der Waals surface area contributed by atoms with Gasteiger partial charge in [-0.2, -0.15) is 0 Å². The van der Waals surface area contributed by atoms with Crippen molar-refractivity contribution in [2.75, 3.05) is 25.0 Å². The lowest BCUT2D eigenvalue weighted by Gasteiger charge is -2.24. The Kier molecular flexibility index (Phi) is 6.82. The molecule has 2 aromatic rings. The highest BCUT2D eigenvalue weighted by atomic mass is 35.5. The third-order valence-electron chi connectivity index (χ3n) is 5.03. The molecule has 1 aliphatic rings. The molecule has 0 aliphatic carbocycles. The molecule has 0 saturated heterocycles. The molecule has 8 heteroatoms. The molecule has 0 bridgehead atoms. The molecule has 0 radical (unpaired) electrons. The Labute approximate surface area is 180 Å². The maximum atomic E-state index is 12.8. The number of halogens is 1. The molecule has 3 rings (SSSR count). The van der Waals surface area contributed by atoms with E-state index in [-0.39, 0.29) is 5.91 Å². The molecule has 2 N–H and O–H groups in total. The Hall–Kier alpha value is -2.09. The standard InChI is InChI=1S/C21H26ClN3O3S/c1-4-25-11-9-14-5-6-16(13-15(14)10-12-25)23-19(26)21(2,3)24-20(27)28-18-8-7-17(22)29-18/h5-8,13H,4,9-12H2,1-3H3,(H,23,26)(H,24,27). The molecule has 0 spiro atoms. The van der Waals surface area contributed by atoms with Crippen molar-refractivity contribution >= 4 is 40.6 Å². The van der Waals surface area contributed by atoms with Crippen molar-refractivity contribution < 1.29 is 14.3 Å². The zero-order valence-electron chi connectivity index (χ0n) is 16.9. The van der Waals surface area contributed by atoms with Crippen LogP contribution in [-0.2, 0) is 17.6 Å². The van der Waals surface area contributed by atoms with Gasteiger partial charge in [-0.25, -0.2) is 4.79 Å². The monoisotopic (exact) mass is 435 g/mol. The van der Waals surface area contributed by atoms with Gasteiger partial charge in [0.15, 0.2) is 5.06 Å². The van der Waals surface area contributed by atoms with Gasteiger partial charge in [0.1, 0.15) is 5.54 Å². The number of hydrogen-bond acceptors (Lipinski definition) is 5. The summed E-state index contributed by atoms with van der Waals surface area (Å²) in [6, 6.07) is 9.29. The quantitative estimate of drug-likeness (QED) is 0.733. The smallest absolute Gasteiger partial charge is 0.399 e. The molecular formula is C21H26ClN3O3S. The molecule has 1 aromatic carbocycles. The normalized spacial score (nSPS) is 14.6. The predicted molar refractivity (Wildman–Crippen MR) is 117 cm³/mol. The van der Waals surface area contributed by atoms with Gasteiger partial charge in [0.25, 0.3) is 0 Å². The van der Waals surface area contributed by atoms with Crippen LogP contribution in [0.4, 0.5) is 10.5 Å². The van der Waals surface area contributed by atoms with Crippen molar-refractivity contribution in [1.82, 2.24) is 10.2 Å². The zero-order chi connectivity index (χ0) is 21.0. The van der Waals surface area contributed by atoms with Gasteiger partial charge >= 0.3 is 6.09 Å². The number of fused-ring (bicyclic) bond motifs is 1. The van der Waals surface area contributed by atoms with Gasteiger partial charge in [0.2, 0.25) is 5.91 Å². The highest BCUT2D eigenvalue weighted by Crippen LogP contribution is 2.28. The van der Waals surface area contributed by atoms with E-state index in [1.807, 2.05) is 12.1 Å². The summed E-state index contributed by atoms with van der Waals surface area (Å²) in [5.74, 6) is -0.317. The summed E-state index contributed by atoms with van der Waals surface area (Å²) in [4.78, 5) is 27.3. The number of ether oxygens (including phenoxy) is 1. The Morgan fingerprint density at radius 1 is 1.17 bits per heavy atom. The number of carbonyl (C=O) groups is 2. The molecule has 0 saturated carbocycles. The number of amides is 2. The second-order valence-corrected chi connectivity index (χ2v) is 9.25. The third kappa shape index (κ3) is 5.72. The molecule has 0 atom stereocenters. The van der Waals surface area contributed by atoms with Gasteiger partial charge in [-0.05, 0) is 68.6 Å². The highest BCUT2D eigenvalue weighted by molar-refractivity contribution is 7.17. The minimum absolute atomic E-state index is 0.317. The van der Waals surface area contributed by atoms with Gasteiger partial charge < -0.3 is 20.3 Å². The fourth-order valence-electron chi connectivity index (χ4n) is 3.23. The summed E-state index contributed by atoms with van der Waals surface area (Å²) in [5, 5.41) is 5.88. The van der Waals surface area contributed by atoms with E-state index in [1.54, 1.807) is 26.0 Å². The van der Waals surface area contributed by atoms with E-state index in [0.717, 1.165) is 49.5 Å². The first-order valence-electron chi connectivity index (χ1n) is 9.68. The maximum absolute atomic E-state index is 12.8. The number of hydrogen-bond donors (Lipinski definition) is 2. The second kappa shape index (κ2) is 9.15. The molecular weight excluding hydrogens is 410 g/mol. The molecule has 29 heavy (non-hydrogen) atoms. The van der Waals surface area contributed by atoms with Crippen LogP contribution in [0.25, 0.3) is 0 Å². The first kappa shape index (κ1) is 21.6. The van der Waals surface area contributed by atoms with Crippen LogP contribution in [0.1, 0.15) is 31.9 Å². The van der Waals surface area contributed by atoms with Crippen LogP contribution in [0.5, 0.6) is 5.06 Å². The molecule has 2 amide bonds. The average molecular weight is 436 g/mol. The predicted octanol–water partition coefficient (Wildman–Crippen LogP) is 4.33. The van der Waals surface area contributed by atoms with Gasteiger partial charge in [-0.1, -0.05) is 35.9 Å². The van der Waals surface area contributed by atoms with Crippen LogP contribution >= 0.6 is 22.9 Å². The SMILES string of the molecule is CCN1CCc2ccc(NC(=O)C(C)(C)NC(=O)Oc3ccc(Cl)s3)cc2CC1. The first-order valence-corrected chi connectivity index (χ1v) is 10.9. The number of anilines is 1. The Morgan fingerprint density at radius 3 is 2.55 bits per heavy atom. The molecule has 2 heterocycles. The lowest BCUT2D eigenvalue weighted by molar-refractivity contribution is -0.121. The fraction of sp³-hybridized carbons (Fsp3) is 0.429. The average Bonchev–Trinajstić information content (AvgIpc) is 2.95. The Balaban J connectivity index is 1.61. The first-order chi connectivity index (χ1) is 13.8. The molecule has 1 aromatic heterocycles. The van der Waals surface area contributed by atoms with Crippen molar-refractivity contribution in [3.63, 3.8) is 0 Å². The number of nitrogens with one attached hydrogen (secondary N) is 2. The minimum atomic E-state index is -1.15.